The number of benzene rings is 2. The number of rotatable bonds is 8. The Labute approximate surface area is 148 Å². The zero-order chi connectivity index (χ0) is 18.3. The highest BCUT2D eigenvalue weighted by Gasteiger charge is 2.15. The van der Waals surface area contributed by atoms with E-state index < -0.39 is 10.0 Å². The number of amides is 1. The van der Waals surface area contributed by atoms with E-state index in [1.807, 2.05) is 30.3 Å². The van der Waals surface area contributed by atoms with Gasteiger partial charge in [-0.2, -0.15) is 0 Å². The van der Waals surface area contributed by atoms with Crippen molar-refractivity contribution in [1.82, 2.24) is 5.32 Å². The molecule has 0 aliphatic carbocycles. The van der Waals surface area contributed by atoms with Crippen LogP contribution >= 0.6 is 0 Å². The predicted molar refractivity (Wildman–Crippen MR) is 98.6 cm³/mol. The van der Waals surface area contributed by atoms with E-state index in [2.05, 4.69) is 5.32 Å². The van der Waals surface area contributed by atoms with Crippen molar-refractivity contribution in [1.29, 1.82) is 0 Å². The lowest BCUT2D eigenvalue weighted by Crippen LogP contribution is -2.30. The van der Waals surface area contributed by atoms with Crippen molar-refractivity contribution in [3.8, 4) is 5.75 Å². The number of nitrogens with zero attached hydrogens (tertiary/aromatic N) is 1. The molecule has 0 bridgehead atoms. The van der Waals surface area contributed by atoms with Crippen molar-refractivity contribution in [3.63, 3.8) is 0 Å². The van der Waals surface area contributed by atoms with Gasteiger partial charge >= 0.3 is 0 Å². The van der Waals surface area contributed by atoms with E-state index >= 15 is 0 Å². The van der Waals surface area contributed by atoms with Crippen molar-refractivity contribution in [2.24, 2.45) is 0 Å². The normalized spacial score (nSPS) is 11.0. The minimum atomic E-state index is -3.33. The number of carbonyl (C=O) groups excluding carboxylic acids is 1. The van der Waals surface area contributed by atoms with E-state index in [0.717, 1.165) is 12.0 Å². The number of para-hydroxylation sites is 1. The molecule has 6 nitrogen and oxygen atoms in total. The highest BCUT2D eigenvalue weighted by atomic mass is 32.2. The maximum Gasteiger partial charge on any atom is 0.251 e. The summed E-state index contributed by atoms with van der Waals surface area (Å²) in [4.78, 5) is 12.1. The fraction of sp³-hybridized carbons (Fsp3) is 0.278. The second kappa shape index (κ2) is 8.53. The molecule has 0 aliphatic heterocycles. The van der Waals surface area contributed by atoms with E-state index in [9.17, 15) is 13.2 Å². The summed E-state index contributed by atoms with van der Waals surface area (Å²) in [6, 6.07) is 15.8. The molecule has 25 heavy (non-hydrogen) atoms. The van der Waals surface area contributed by atoms with Gasteiger partial charge in [-0.15, -0.1) is 0 Å². The van der Waals surface area contributed by atoms with Crippen LogP contribution in [0.1, 0.15) is 17.3 Å². The molecule has 2 aromatic carbocycles. The fourth-order valence-corrected chi connectivity index (χ4v) is 3.31. The highest BCUT2D eigenvalue weighted by molar-refractivity contribution is 7.92. The van der Waals surface area contributed by atoms with Crippen molar-refractivity contribution in [2.45, 2.75) is 6.92 Å². The summed E-state index contributed by atoms with van der Waals surface area (Å²) in [6.45, 7) is 2.83. The number of anilines is 1. The molecule has 0 unspecified atom stereocenters. The van der Waals surface area contributed by atoms with Crippen LogP contribution in [0.4, 0.5) is 5.69 Å². The van der Waals surface area contributed by atoms with E-state index in [0.29, 0.717) is 30.9 Å². The van der Waals surface area contributed by atoms with Gasteiger partial charge in [0.1, 0.15) is 12.4 Å². The Morgan fingerprint density at radius 3 is 2.28 bits per heavy atom. The molecule has 1 N–H and O–H groups in total. The number of ether oxygens (including phenoxy) is 1. The first kappa shape index (κ1) is 18.8. The van der Waals surface area contributed by atoms with E-state index in [4.69, 9.17) is 4.74 Å². The average Bonchev–Trinajstić information content (AvgIpc) is 2.59. The lowest BCUT2D eigenvalue weighted by molar-refractivity contribution is 0.0947. The van der Waals surface area contributed by atoms with Gasteiger partial charge in [0.05, 0.1) is 18.5 Å². The predicted octanol–water partition coefficient (Wildman–Crippen LogP) is 2.28. The lowest BCUT2D eigenvalue weighted by atomic mass is 10.2. The van der Waals surface area contributed by atoms with Crippen LogP contribution in [0.2, 0.25) is 0 Å². The lowest BCUT2D eigenvalue weighted by Gasteiger charge is -2.20. The minimum absolute atomic E-state index is 0.231. The Kier molecular flexibility index (Phi) is 6.41. The number of hydrogen-bond acceptors (Lipinski definition) is 4. The van der Waals surface area contributed by atoms with Crippen LogP contribution in [-0.4, -0.2) is 40.3 Å². The third-order valence-electron chi connectivity index (χ3n) is 3.50. The standard InChI is InChI=1S/C18H22N2O4S/c1-3-20(25(2,22)23)16-11-9-15(10-12-16)18(21)19-13-14-24-17-7-5-4-6-8-17/h4-12H,3,13-14H2,1-2H3,(H,19,21). The van der Waals surface area contributed by atoms with Crippen molar-refractivity contribution in [2.75, 3.05) is 30.3 Å². The zero-order valence-corrected chi connectivity index (χ0v) is 15.1. The second-order valence-electron chi connectivity index (χ2n) is 5.39. The van der Waals surface area contributed by atoms with Crippen LogP contribution in [0.25, 0.3) is 0 Å². The third kappa shape index (κ3) is 5.49. The molecular formula is C18H22N2O4S. The van der Waals surface area contributed by atoms with Crippen molar-refractivity contribution < 1.29 is 17.9 Å². The quantitative estimate of drug-likeness (QED) is 0.731. The molecule has 7 heteroatoms. The Morgan fingerprint density at radius 2 is 1.72 bits per heavy atom. The fourth-order valence-electron chi connectivity index (χ4n) is 2.34. The minimum Gasteiger partial charge on any atom is -0.492 e. The molecule has 0 atom stereocenters. The molecule has 134 valence electrons. The molecule has 0 aromatic heterocycles. The Balaban J connectivity index is 1.88. The van der Waals surface area contributed by atoms with Crippen LogP contribution in [-0.2, 0) is 10.0 Å². The molecule has 0 saturated heterocycles. The van der Waals surface area contributed by atoms with Gasteiger partial charge in [0.2, 0.25) is 10.0 Å². The van der Waals surface area contributed by atoms with E-state index in [-0.39, 0.29) is 5.91 Å². The molecule has 0 spiro atoms. The summed E-state index contributed by atoms with van der Waals surface area (Å²) < 4.78 is 30.2. The Morgan fingerprint density at radius 1 is 1.08 bits per heavy atom. The molecule has 1 amide bonds. The molecular weight excluding hydrogens is 340 g/mol. The van der Waals surface area contributed by atoms with Gasteiger partial charge in [0, 0.05) is 12.1 Å². The molecule has 0 heterocycles. The molecule has 0 fully saturated rings. The van der Waals surface area contributed by atoms with Crippen LogP contribution in [0.5, 0.6) is 5.75 Å². The topological polar surface area (TPSA) is 75.7 Å². The first-order chi connectivity index (χ1) is 11.9. The maximum atomic E-state index is 12.1. The first-order valence-electron chi connectivity index (χ1n) is 7.95. The third-order valence-corrected chi connectivity index (χ3v) is 4.77. The van der Waals surface area contributed by atoms with Crippen LogP contribution in [0.15, 0.2) is 54.6 Å². The number of nitrogens with one attached hydrogen (secondary N) is 1. The van der Waals surface area contributed by atoms with Crippen LogP contribution in [0, 0.1) is 0 Å². The molecule has 0 saturated carbocycles. The monoisotopic (exact) mass is 362 g/mol. The molecule has 2 aromatic rings. The van der Waals surface area contributed by atoms with Gasteiger partial charge in [-0.25, -0.2) is 8.42 Å². The number of sulfonamides is 1. The molecule has 0 aliphatic rings. The summed E-state index contributed by atoms with van der Waals surface area (Å²) in [7, 11) is -3.33. The summed E-state index contributed by atoms with van der Waals surface area (Å²) in [5.74, 6) is 0.521. The average molecular weight is 362 g/mol. The summed E-state index contributed by atoms with van der Waals surface area (Å²) in [5, 5.41) is 2.77. The van der Waals surface area contributed by atoms with Crippen LogP contribution < -0.4 is 14.4 Å². The van der Waals surface area contributed by atoms with Crippen molar-refractivity contribution in [3.05, 3.63) is 60.2 Å². The maximum absolute atomic E-state index is 12.1. The van der Waals surface area contributed by atoms with Gasteiger partial charge in [0.15, 0.2) is 0 Å². The SMILES string of the molecule is CCN(c1ccc(C(=O)NCCOc2ccccc2)cc1)S(C)(=O)=O. The summed E-state index contributed by atoms with van der Waals surface area (Å²) in [6.07, 6.45) is 1.16. The highest BCUT2D eigenvalue weighted by Crippen LogP contribution is 2.18. The second-order valence-corrected chi connectivity index (χ2v) is 7.30. The van der Waals surface area contributed by atoms with Gasteiger partial charge in [0.25, 0.3) is 5.91 Å². The first-order valence-corrected chi connectivity index (χ1v) is 9.80. The molecule has 2 rings (SSSR count). The van der Waals surface area contributed by atoms with Gasteiger partial charge in [-0.05, 0) is 43.3 Å². The van der Waals surface area contributed by atoms with Gasteiger partial charge in [-0.1, -0.05) is 18.2 Å². The van der Waals surface area contributed by atoms with Gasteiger partial charge < -0.3 is 10.1 Å². The number of carbonyl (C=O) groups is 1. The van der Waals surface area contributed by atoms with Gasteiger partial charge in [-0.3, -0.25) is 9.10 Å². The largest absolute Gasteiger partial charge is 0.492 e. The van der Waals surface area contributed by atoms with Crippen LogP contribution in [0.3, 0.4) is 0 Å². The smallest absolute Gasteiger partial charge is 0.251 e. The number of hydrogen-bond donors (Lipinski definition) is 1. The summed E-state index contributed by atoms with van der Waals surface area (Å²) >= 11 is 0. The van der Waals surface area contributed by atoms with E-state index in [1.54, 1.807) is 31.2 Å². The van der Waals surface area contributed by atoms with E-state index in [1.165, 1.54) is 4.31 Å². The Bertz CT molecular complexity index is 790. The molecule has 0 radical (unpaired) electrons. The summed E-state index contributed by atoms with van der Waals surface area (Å²) in [5.41, 5.74) is 1.00. The Hall–Kier alpha value is -2.54. The zero-order valence-electron chi connectivity index (χ0n) is 14.3. The van der Waals surface area contributed by atoms with Crippen molar-refractivity contribution >= 4 is 21.6 Å².